The van der Waals surface area contributed by atoms with Crippen molar-refractivity contribution in [1.82, 2.24) is 15.3 Å². The van der Waals surface area contributed by atoms with Crippen molar-refractivity contribution in [2.45, 2.75) is 31.9 Å². The van der Waals surface area contributed by atoms with Crippen LogP contribution in [-0.4, -0.2) is 34.4 Å². The van der Waals surface area contributed by atoms with Gasteiger partial charge >= 0.3 is 6.03 Å². The van der Waals surface area contributed by atoms with Gasteiger partial charge in [0.2, 0.25) is 0 Å². The maximum Gasteiger partial charge on any atom is 0.320 e. The molecule has 1 fully saturated rings. The molecule has 2 aromatic heterocycles. The monoisotopic (exact) mass is 436 g/mol. The highest BCUT2D eigenvalue weighted by molar-refractivity contribution is 6.13. The van der Waals surface area contributed by atoms with Crippen LogP contribution in [0.3, 0.4) is 0 Å². The minimum Gasteiger partial charge on any atom is -0.398 e. The van der Waals surface area contributed by atoms with Crippen molar-refractivity contribution < 1.29 is 13.8 Å². The number of urea groups is 1. The van der Waals surface area contributed by atoms with Crippen molar-refractivity contribution in [1.29, 1.82) is 5.41 Å². The number of ether oxygens (including phenoxy) is 1. The SMILES string of the molecule is Cc1cc(C(=N)c2cnc(NC(=O)N[C@H](c3ccccc3)[C@@H]3CCCO3)cc2N)ccn1.[HH].[HH].[HH]. The summed E-state index contributed by atoms with van der Waals surface area (Å²) in [5.41, 5.74) is 9.77. The molecular weight excluding hydrogens is 404 g/mol. The molecule has 2 amide bonds. The molecule has 2 atom stereocenters. The van der Waals surface area contributed by atoms with Crippen LogP contribution in [0.5, 0.6) is 0 Å². The highest BCUT2D eigenvalue weighted by atomic mass is 16.5. The van der Waals surface area contributed by atoms with Gasteiger partial charge in [0.25, 0.3) is 0 Å². The van der Waals surface area contributed by atoms with Crippen LogP contribution in [0.4, 0.5) is 16.3 Å². The van der Waals surface area contributed by atoms with Gasteiger partial charge in [0.05, 0.1) is 17.9 Å². The topological polar surface area (TPSA) is 126 Å². The van der Waals surface area contributed by atoms with Gasteiger partial charge in [-0.1, -0.05) is 30.3 Å². The molecule has 0 aliphatic carbocycles. The first-order valence-electron chi connectivity index (χ1n) is 10.5. The number of hydrogen-bond donors (Lipinski definition) is 4. The van der Waals surface area contributed by atoms with E-state index < -0.39 is 6.03 Å². The summed E-state index contributed by atoms with van der Waals surface area (Å²) < 4.78 is 5.83. The minimum atomic E-state index is -0.395. The number of rotatable bonds is 6. The predicted molar refractivity (Wildman–Crippen MR) is 130 cm³/mol. The lowest BCUT2D eigenvalue weighted by molar-refractivity contribution is 0.0815. The number of aromatic nitrogens is 2. The number of carbonyl (C=O) groups excluding carboxylic acids is 1. The fourth-order valence-corrected chi connectivity index (χ4v) is 3.82. The smallest absolute Gasteiger partial charge is 0.320 e. The second kappa shape index (κ2) is 9.57. The third-order valence-electron chi connectivity index (χ3n) is 5.41. The van der Waals surface area contributed by atoms with E-state index in [9.17, 15) is 4.79 Å². The first-order valence-corrected chi connectivity index (χ1v) is 10.5. The van der Waals surface area contributed by atoms with Crippen molar-refractivity contribution in [3.63, 3.8) is 0 Å². The normalized spacial score (nSPS) is 16.3. The molecule has 5 N–H and O–H groups in total. The summed E-state index contributed by atoms with van der Waals surface area (Å²) in [6, 6.07) is 14.2. The van der Waals surface area contributed by atoms with Crippen LogP contribution in [0.15, 0.2) is 60.9 Å². The highest BCUT2D eigenvalue weighted by Crippen LogP contribution is 2.27. The van der Waals surface area contributed by atoms with E-state index in [1.54, 1.807) is 18.3 Å². The summed E-state index contributed by atoms with van der Waals surface area (Å²) in [4.78, 5) is 21.2. The lowest BCUT2D eigenvalue weighted by atomic mass is 9.99. The number of anilines is 2. The van der Waals surface area contributed by atoms with Gasteiger partial charge in [-0.2, -0.15) is 0 Å². The largest absolute Gasteiger partial charge is 0.398 e. The Labute approximate surface area is 191 Å². The number of nitrogens with two attached hydrogens (primary N) is 1. The zero-order chi connectivity index (χ0) is 22.5. The van der Waals surface area contributed by atoms with E-state index in [0.29, 0.717) is 29.2 Å². The predicted octanol–water partition coefficient (Wildman–Crippen LogP) is 4.56. The summed E-state index contributed by atoms with van der Waals surface area (Å²) >= 11 is 0. The molecule has 0 spiro atoms. The Bertz CT molecular complexity index is 1130. The Balaban J connectivity index is 0.00000204. The van der Waals surface area contributed by atoms with E-state index in [1.807, 2.05) is 43.3 Å². The third-order valence-corrected chi connectivity index (χ3v) is 5.41. The van der Waals surface area contributed by atoms with Crippen LogP contribution in [0.1, 0.15) is 45.5 Å². The van der Waals surface area contributed by atoms with E-state index >= 15 is 0 Å². The molecule has 1 saturated heterocycles. The maximum absolute atomic E-state index is 12.7. The van der Waals surface area contributed by atoms with Gasteiger partial charge in [0.15, 0.2) is 0 Å². The summed E-state index contributed by atoms with van der Waals surface area (Å²) in [5.74, 6) is 0.307. The number of pyridine rings is 2. The molecule has 8 heteroatoms. The van der Waals surface area contributed by atoms with Crippen molar-refractivity contribution in [2.24, 2.45) is 0 Å². The fraction of sp³-hybridized carbons (Fsp3) is 0.250. The van der Waals surface area contributed by atoms with Gasteiger partial charge in [-0.3, -0.25) is 15.7 Å². The Morgan fingerprint density at radius 2 is 2.06 bits per heavy atom. The number of carbonyl (C=O) groups is 1. The number of nitrogens with one attached hydrogen (secondary N) is 3. The number of amides is 2. The van der Waals surface area contributed by atoms with Gasteiger partial charge in [0.1, 0.15) is 5.82 Å². The average molecular weight is 437 g/mol. The van der Waals surface area contributed by atoms with Gasteiger partial charge in [-0.05, 0) is 37.5 Å². The van der Waals surface area contributed by atoms with Crippen LogP contribution >= 0.6 is 0 Å². The van der Waals surface area contributed by atoms with E-state index in [1.165, 1.54) is 6.20 Å². The van der Waals surface area contributed by atoms with Crippen LogP contribution < -0.4 is 16.4 Å². The zero-order valence-corrected chi connectivity index (χ0v) is 17.8. The first-order chi connectivity index (χ1) is 15.5. The Morgan fingerprint density at radius 1 is 1.25 bits per heavy atom. The molecule has 8 nitrogen and oxygen atoms in total. The number of hydrogen-bond acceptors (Lipinski definition) is 6. The van der Waals surface area contributed by atoms with Gasteiger partial charge < -0.3 is 15.8 Å². The lowest BCUT2D eigenvalue weighted by Gasteiger charge is -2.24. The van der Waals surface area contributed by atoms with Crippen LogP contribution in [0.25, 0.3) is 0 Å². The zero-order valence-electron chi connectivity index (χ0n) is 17.8. The molecule has 0 bridgehead atoms. The van der Waals surface area contributed by atoms with Crippen molar-refractivity contribution in [3.8, 4) is 0 Å². The van der Waals surface area contributed by atoms with Gasteiger partial charge in [-0.25, -0.2) is 9.78 Å². The number of benzene rings is 1. The Morgan fingerprint density at radius 3 is 2.75 bits per heavy atom. The van der Waals surface area contributed by atoms with E-state index in [0.717, 1.165) is 24.1 Å². The number of nitrogens with zero attached hydrogens (tertiary/aromatic N) is 2. The highest BCUT2D eigenvalue weighted by Gasteiger charge is 2.28. The second-order valence-corrected chi connectivity index (χ2v) is 7.76. The lowest BCUT2D eigenvalue weighted by Crippen LogP contribution is -2.38. The van der Waals surface area contributed by atoms with Crippen LogP contribution in [0.2, 0.25) is 0 Å². The summed E-state index contributed by atoms with van der Waals surface area (Å²) in [7, 11) is 0. The third kappa shape index (κ3) is 4.92. The van der Waals surface area contributed by atoms with Crippen LogP contribution in [0, 0.1) is 12.3 Å². The van der Waals surface area contributed by atoms with Gasteiger partial charge in [-0.15, -0.1) is 0 Å². The summed E-state index contributed by atoms with van der Waals surface area (Å²) in [6.07, 6.45) is 4.93. The van der Waals surface area contributed by atoms with Crippen molar-refractivity contribution in [2.75, 3.05) is 17.7 Å². The van der Waals surface area contributed by atoms with Crippen molar-refractivity contribution in [3.05, 3.63) is 83.3 Å². The Hall–Kier alpha value is -3.78. The molecule has 32 heavy (non-hydrogen) atoms. The first kappa shape index (κ1) is 21.5. The van der Waals surface area contributed by atoms with E-state index in [-0.39, 0.29) is 22.1 Å². The molecule has 4 rings (SSSR count). The maximum atomic E-state index is 12.7. The fourth-order valence-electron chi connectivity index (χ4n) is 3.82. The van der Waals surface area contributed by atoms with Gasteiger partial charge in [0, 0.05) is 51.9 Å². The molecule has 0 radical (unpaired) electrons. The van der Waals surface area contributed by atoms with E-state index in [2.05, 4.69) is 20.6 Å². The molecular formula is C24H32N6O2. The molecule has 0 unspecified atom stereocenters. The molecule has 1 aliphatic rings. The molecule has 3 heterocycles. The summed E-state index contributed by atoms with van der Waals surface area (Å²) in [6.45, 7) is 2.56. The van der Waals surface area contributed by atoms with Crippen LogP contribution in [-0.2, 0) is 4.74 Å². The molecule has 1 aliphatic heterocycles. The summed E-state index contributed by atoms with van der Waals surface area (Å²) in [5, 5.41) is 14.2. The average Bonchev–Trinajstić information content (AvgIpc) is 3.32. The molecule has 0 saturated carbocycles. The number of aryl methyl sites for hydroxylation is 1. The Kier molecular flexibility index (Phi) is 6.42. The second-order valence-electron chi connectivity index (χ2n) is 7.76. The molecule has 3 aromatic rings. The standard InChI is InChI=1S/C24H26N6O2.3H2/c1-15-12-17(9-10-27-15)22(26)18-14-28-21(13-19(18)25)29-24(31)30-23(20-8-5-11-32-20)16-6-3-2-4-7-16;;;/h2-4,6-7,9-10,12-14,20,23,26H,5,8,11H2,1H3,(H4,25,28,29,30,31);3*1H/t20-,23+;;;/m0.../s1. The minimum absolute atomic E-state index is 0. The number of nitrogen functional groups attached to an aromatic ring is 1. The molecule has 1 aromatic carbocycles. The molecule has 170 valence electrons. The van der Waals surface area contributed by atoms with Crippen molar-refractivity contribution >= 4 is 23.2 Å². The quantitative estimate of drug-likeness (QED) is 0.421. The van der Waals surface area contributed by atoms with E-state index in [4.69, 9.17) is 15.9 Å².